The topological polar surface area (TPSA) is 84.2 Å². The van der Waals surface area contributed by atoms with Crippen LogP contribution in [0.4, 0.5) is 14.6 Å². The first-order chi connectivity index (χ1) is 11.8. The molecule has 2 amide bonds. The number of nitrogens with one attached hydrogen (secondary N) is 2. The van der Waals surface area contributed by atoms with Gasteiger partial charge in [0.05, 0.1) is 17.5 Å². The van der Waals surface area contributed by atoms with E-state index in [2.05, 4.69) is 15.8 Å². The van der Waals surface area contributed by atoms with Gasteiger partial charge in [-0.1, -0.05) is 11.2 Å². The molecule has 134 valence electrons. The maximum absolute atomic E-state index is 13.7. The van der Waals surface area contributed by atoms with Crippen molar-refractivity contribution in [2.24, 2.45) is 0 Å². The summed E-state index contributed by atoms with van der Waals surface area (Å²) in [6, 6.07) is 4.15. The lowest BCUT2D eigenvalue weighted by molar-refractivity contribution is -0.119. The number of aromatic nitrogens is 1. The number of carbonyl (C=O) groups is 2. The van der Waals surface area contributed by atoms with Crippen molar-refractivity contribution in [3.05, 3.63) is 47.2 Å². The van der Waals surface area contributed by atoms with Crippen molar-refractivity contribution < 1.29 is 22.9 Å². The number of amides is 2. The molecule has 2 rings (SSSR count). The number of nitrogens with zero attached hydrogens (tertiary/aromatic N) is 1. The summed E-state index contributed by atoms with van der Waals surface area (Å²) < 4.78 is 31.4. The van der Waals surface area contributed by atoms with Crippen LogP contribution in [-0.2, 0) is 9.59 Å². The summed E-state index contributed by atoms with van der Waals surface area (Å²) in [7, 11) is 0. The molecule has 2 N–H and O–H groups in total. The normalized spacial score (nSPS) is 11.8. The molecular formula is C16H17F2N3O3S. The summed E-state index contributed by atoms with van der Waals surface area (Å²) in [5, 5.41) is 8.76. The van der Waals surface area contributed by atoms with Crippen molar-refractivity contribution in [3.63, 3.8) is 0 Å². The molecule has 2 aromatic rings. The van der Waals surface area contributed by atoms with E-state index in [4.69, 9.17) is 4.52 Å². The van der Waals surface area contributed by atoms with E-state index >= 15 is 0 Å². The minimum absolute atomic E-state index is 0.0262. The number of halogens is 2. The Kier molecular flexibility index (Phi) is 6.51. The minimum atomic E-state index is -0.720. The molecule has 1 aromatic carbocycles. The Balaban J connectivity index is 1.73. The number of thioether (sulfide) groups is 1. The largest absolute Gasteiger partial charge is 0.360 e. The van der Waals surface area contributed by atoms with Crippen LogP contribution in [-0.4, -0.2) is 28.5 Å². The van der Waals surface area contributed by atoms with Gasteiger partial charge in [0, 0.05) is 17.7 Å². The summed E-state index contributed by atoms with van der Waals surface area (Å²) >= 11 is 1.10. The average Bonchev–Trinajstić information content (AvgIpc) is 2.91. The van der Waals surface area contributed by atoms with Gasteiger partial charge in [0.2, 0.25) is 11.8 Å². The highest BCUT2D eigenvalue weighted by atomic mass is 32.2. The fraction of sp³-hybridized carbons (Fsp3) is 0.312. The molecule has 1 aromatic heterocycles. The standard InChI is InChI=1S/C16H17F2N3O3S/c1-9-5-14(21-24-9)20-16(23)8-25-7-15(22)19-10(2)12-4-3-11(17)6-13(12)18/h3-6,10H,7-8H2,1-2H3,(H,19,22)(H,20,21,23)/t10-/m1/s1. The monoisotopic (exact) mass is 369 g/mol. The Morgan fingerprint density at radius 1 is 1.24 bits per heavy atom. The third kappa shape index (κ3) is 5.86. The second-order valence-electron chi connectivity index (χ2n) is 5.32. The van der Waals surface area contributed by atoms with Gasteiger partial charge in [-0.3, -0.25) is 9.59 Å². The van der Waals surface area contributed by atoms with E-state index in [9.17, 15) is 18.4 Å². The third-order valence-electron chi connectivity index (χ3n) is 3.17. The lowest BCUT2D eigenvalue weighted by atomic mass is 10.1. The van der Waals surface area contributed by atoms with E-state index in [1.807, 2.05) is 0 Å². The van der Waals surface area contributed by atoms with E-state index in [1.165, 1.54) is 6.07 Å². The van der Waals surface area contributed by atoms with Gasteiger partial charge in [-0.2, -0.15) is 0 Å². The van der Waals surface area contributed by atoms with Gasteiger partial charge in [-0.05, 0) is 19.9 Å². The summed E-state index contributed by atoms with van der Waals surface area (Å²) in [6.45, 7) is 3.30. The molecule has 0 bridgehead atoms. The number of hydrogen-bond donors (Lipinski definition) is 2. The van der Waals surface area contributed by atoms with Gasteiger partial charge in [-0.25, -0.2) is 8.78 Å². The smallest absolute Gasteiger partial charge is 0.235 e. The Morgan fingerprint density at radius 3 is 2.60 bits per heavy atom. The number of benzene rings is 1. The van der Waals surface area contributed by atoms with Gasteiger partial charge in [-0.15, -0.1) is 11.8 Å². The van der Waals surface area contributed by atoms with Crippen LogP contribution < -0.4 is 10.6 Å². The number of carbonyl (C=O) groups excluding carboxylic acids is 2. The van der Waals surface area contributed by atoms with Crippen molar-refractivity contribution >= 4 is 29.4 Å². The molecular weight excluding hydrogens is 352 g/mol. The van der Waals surface area contributed by atoms with E-state index in [-0.39, 0.29) is 28.9 Å². The molecule has 0 aliphatic heterocycles. The van der Waals surface area contributed by atoms with Crippen molar-refractivity contribution in [1.29, 1.82) is 0 Å². The van der Waals surface area contributed by atoms with Crippen molar-refractivity contribution in [3.8, 4) is 0 Å². The molecule has 0 aliphatic carbocycles. The average molecular weight is 369 g/mol. The Labute approximate surface area is 147 Å². The molecule has 6 nitrogen and oxygen atoms in total. The molecule has 1 heterocycles. The van der Waals surface area contributed by atoms with Gasteiger partial charge in [0.15, 0.2) is 5.82 Å². The molecule has 0 spiro atoms. The molecule has 0 radical (unpaired) electrons. The zero-order chi connectivity index (χ0) is 18.4. The first-order valence-electron chi connectivity index (χ1n) is 7.40. The second kappa shape index (κ2) is 8.61. The SMILES string of the molecule is Cc1cc(NC(=O)CSCC(=O)N[C@H](C)c2ccc(F)cc2F)no1. The van der Waals surface area contributed by atoms with Crippen LogP contribution in [0.1, 0.15) is 24.3 Å². The molecule has 25 heavy (non-hydrogen) atoms. The molecule has 0 fully saturated rings. The lowest BCUT2D eigenvalue weighted by Crippen LogP contribution is -2.29. The van der Waals surface area contributed by atoms with Gasteiger partial charge >= 0.3 is 0 Å². The predicted octanol–water partition coefficient (Wildman–Crippen LogP) is 2.81. The fourth-order valence-electron chi connectivity index (χ4n) is 2.05. The predicted molar refractivity (Wildman–Crippen MR) is 90.1 cm³/mol. The molecule has 0 saturated heterocycles. The van der Waals surface area contributed by atoms with Crippen LogP contribution >= 0.6 is 11.8 Å². The van der Waals surface area contributed by atoms with Crippen LogP contribution in [0.5, 0.6) is 0 Å². The van der Waals surface area contributed by atoms with Crippen LogP contribution in [0.15, 0.2) is 28.8 Å². The van der Waals surface area contributed by atoms with Crippen LogP contribution in [0, 0.1) is 18.6 Å². The Hall–Kier alpha value is -2.42. The lowest BCUT2D eigenvalue weighted by Gasteiger charge is -2.15. The van der Waals surface area contributed by atoms with Gasteiger partial charge in [0.25, 0.3) is 0 Å². The highest BCUT2D eigenvalue weighted by Crippen LogP contribution is 2.18. The second-order valence-corrected chi connectivity index (χ2v) is 6.30. The quantitative estimate of drug-likeness (QED) is 0.784. The summed E-state index contributed by atoms with van der Waals surface area (Å²) in [6.07, 6.45) is 0. The van der Waals surface area contributed by atoms with Crippen molar-refractivity contribution in [2.75, 3.05) is 16.8 Å². The first kappa shape index (κ1) is 18.9. The highest BCUT2D eigenvalue weighted by molar-refractivity contribution is 8.00. The van der Waals surface area contributed by atoms with E-state index in [0.717, 1.165) is 23.9 Å². The third-order valence-corrected chi connectivity index (χ3v) is 4.10. The molecule has 0 unspecified atom stereocenters. The Bertz CT molecular complexity index is 767. The summed E-state index contributed by atoms with van der Waals surface area (Å²) in [5.41, 5.74) is 0.193. The molecule has 9 heteroatoms. The maximum atomic E-state index is 13.7. The summed E-state index contributed by atoms with van der Waals surface area (Å²) in [4.78, 5) is 23.6. The molecule has 0 saturated carbocycles. The Morgan fingerprint density at radius 2 is 1.96 bits per heavy atom. The number of rotatable bonds is 7. The van der Waals surface area contributed by atoms with Gasteiger partial charge < -0.3 is 15.2 Å². The van der Waals surface area contributed by atoms with E-state index < -0.39 is 17.7 Å². The zero-order valence-corrected chi connectivity index (χ0v) is 14.5. The first-order valence-corrected chi connectivity index (χ1v) is 8.56. The van der Waals surface area contributed by atoms with Gasteiger partial charge in [0.1, 0.15) is 17.4 Å². The summed E-state index contributed by atoms with van der Waals surface area (Å²) in [5.74, 6) is -1.10. The maximum Gasteiger partial charge on any atom is 0.235 e. The van der Waals surface area contributed by atoms with E-state index in [1.54, 1.807) is 19.9 Å². The van der Waals surface area contributed by atoms with Crippen molar-refractivity contribution in [1.82, 2.24) is 10.5 Å². The zero-order valence-electron chi connectivity index (χ0n) is 13.6. The molecule has 0 aliphatic rings. The number of anilines is 1. The van der Waals surface area contributed by atoms with Crippen molar-refractivity contribution in [2.45, 2.75) is 19.9 Å². The van der Waals surface area contributed by atoms with Crippen LogP contribution in [0.25, 0.3) is 0 Å². The van der Waals surface area contributed by atoms with E-state index in [0.29, 0.717) is 11.6 Å². The van der Waals surface area contributed by atoms with Crippen LogP contribution in [0.3, 0.4) is 0 Å². The fourth-order valence-corrected chi connectivity index (χ4v) is 2.68. The highest BCUT2D eigenvalue weighted by Gasteiger charge is 2.15. The van der Waals surface area contributed by atoms with Crippen LogP contribution in [0.2, 0.25) is 0 Å². The molecule has 1 atom stereocenters. The number of aryl methyl sites for hydroxylation is 1. The number of hydrogen-bond acceptors (Lipinski definition) is 5. The minimum Gasteiger partial charge on any atom is -0.360 e.